The number of carbonyl (C=O) groups excluding carboxylic acids is 1. The minimum atomic E-state index is -0.699. The molecular weight excluding hydrogens is 376 g/mol. The Hall–Kier alpha value is -3.02. The second-order valence-corrected chi connectivity index (χ2v) is 6.57. The normalized spacial score (nSPS) is 10.0. The molecule has 0 radical (unpaired) electrons. The van der Waals surface area contributed by atoms with Crippen molar-refractivity contribution in [3.8, 4) is 23.6 Å². The lowest BCUT2D eigenvalue weighted by atomic mass is 10.1. The molecule has 2 aromatic carbocycles. The maximum Gasteiger partial charge on any atom is 0.345 e. The van der Waals surface area contributed by atoms with E-state index in [4.69, 9.17) is 21.1 Å². The van der Waals surface area contributed by atoms with Crippen LogP contribution in [0.1, 0.15) is 60.5 Å². The minimum absolute atomic E-state index is 0.000680. The molecule has 28 heavy (non-hydrogen) atoms. The van der Waals surface area contributed by atoms with Crippen LogP contribution in [0, 0.1) is 22.7 Å². The Morgan fingerprint density at radius 1 is 0.964 bits per heavy atom. The summed E-state index contributed by atoms with van der Waals surface area (Å²) in [6, 6.07) is 13.4. The second kappa shape index (κ2) is 11.0. The van der Waals surface area contributed by atoms with Gasteiger partial charge in [0.25, 0.3) is 0 Å². The van der Waals surface area contributed by atoms with E-state index in [1.165, 1.54) is 25.0 Å². The summed E-state index contributed by atoms with van der Waals surface area (Å²) in [5.74, 6) is -0.387. The van der Waals surface area contributed by atoms with Crippen molar-refractivity contribution in [3.63, 3.8) is 0 Å². The van der Waals surface area contributed by atoms with Gasteiger partial charge in [0.15, 0.2) is 5.75 Å². The molecule has 0 aromatic heterocycles. The number of ether oxygens (including phenoxy) is 2. The Labute approximate surface area is 170 Å². The molecule has 0 heterocycles. The number of nitrogens with zero attached hydrogens (tertiary/aromatic N) is 2. The average Bonchev–Trinajstić information content (AvgIpc) is 2.71. The molecule has 144 valence electrons. The zero-order valence-corrected chi connectivity index (χ0v) is 16.5. The third kappa shape index (κ3) is 5.49. The van der Waals surface area contributed by atoms with Crippen LogP contribution in [0.3, 0.4) is 0 Å². The summed E-state index contributed by atoms with van der Waals surface area (Å²) in [7, 11) is 0. The quantitative estimate of drug-likeness (QED) is 0.310. The topological polar surface area (TPSA) is 83.1 Å². The molecule has 2 rings (SSSR count). The number of esters is 1. The Morgan fingerprint density at radius 3 is 2.29 bits per heavy atom. The molecule has 0 unspecified atom stereocenters. The minimum Gasteiger partial charge on any atom is -0.492 e. The highest BCUT2D eigenvalue weighted by atomic mass is 35.5. The van der Waals surface area contributed by atoms with Gasteiger partial charge in [-0.3, -0.25) is 0 Å². The largest absolute Gasteiger partial charge is 0.492 e. The van der Waals surface area contributed by atoms with Gasteiger partial charge in [0, 0.05) is 0 Å². The van der Waals surface area contributed by atoms with Crippen LogP contribution in [-0.4, -0.2) is 12.6 Å². The fourth-order valence-electron chi connectivity index (χ4n) is 2.66. The van der Waals surface area contributed by atoms with Gasteiger partial charge < -0.3 is 9.47 Å². The Morgan fingerprint density at radius 2 is 1.61 bits per heavy atom. The zero-order valence-electron chi connectivity index (χ0n) is 15.7. The van der Waals surface area contributed by atoms with Gasteiger partial charge in [-0.2, -0.15) is 10.5 Å². The summed E-state index contributed by atoms with van der Waals surface area (Å²) in [6.45, 7) is 2.61. The van der Waals surface area contributed by atoms with E-state index >= 15 is 0 Å². The molecule has 0 spiro atoms. The van der Waals surface area contributed by atoms with Gasteiger partial charge in [0.1, 0.15) is 29.0 Å². The molecule has 0 saturated heterocycles. The molecule has 0 fully saturated rings. The third-order valence-corrected chi connectivity index (χ3v) is 4.48. The molecule has 0 saturated carbocycles. The summed E-state index contributed by atoms with van der Waals surface area (Å²) < 4.78 is 11.0. The molecule has 0 aliphatic carbocycles. The number of benzene rings is 2. The molecule has 0 bridgehead atoms. The van der Waals surface area contributed by atoms with E-state index in [1.54, 1.807) is 24.3 Å². The first-order valence-corrected chi connectivity index (χ1v) is 9.56. The van der Waals surface area contributed by atoms with Gasteiger partial charge in [0.05, 0.1) is 17.2 Å². The maximum atomic E-state index is 12.4. The third-order valence-electron chi connectivity index (χ3n) is 4.15. The van der Waals surface area contributed by atoms with Crippen LogP contribution in [0.5, 0.6) is 11.5 Å². The molecule has 0 amide bonds. The van der Waals surface area contributed by atoms with E-state index in [0.717, 1.165) is 19.3 Å². The van der Waals surface area contributed by atoms with Crippen LogP contribution < -0.4 is 9.47 Å². The van der Waals surface area contributed by atoms with Crippen molar-refractivity contribution in [1.82, 2.24) is 0 Å². The number of rotatable bonds is 9. The molecule has 0 atom stereocenters. The summed E-state index contributed by atoms with van der Waals surface area (Å²) >= 11 is 6.01. The van der Waals surface area contributed by atoms with Gasteiger partial charge in [-0.15, -0.1) is 0 Å². The van der Waals surface area contributed by atoms with E-state index in [0.29, 0.717) is 12.4 Å². The number of carbonyl (C=O) groups is 1. The lowest BCUT2D eigenvalue weighted by Gasteiger charge is -2.12. The van der Waals surface area contributed by atoms with Crippen LogP contribution in [0.2, 0.25) is 5.02 Å². The Kier molecular flexibility index (Phi) is 8.34. The maximum absolute atomic E-state index is 12.4. The van der Waals surface area contributed by atoms with Gasteiger partial charge >= 0.3 is 5.97 Å². The lowest BCUT2D eigenvalue weighted by Crippen LogP contribution is -2.11. The fourth-order valence-corrected chi connectivity index (χ4v) is 2.87. The van der Waals surface area contributed by atoms with E-state index in [-0.39, 0.29) is 27.5 Å². The van der Waals surface area contributed by atoms with Gasteiger partial charge in [-0.05, 0) is 30.7 Å². The van der Waals surface area contributed by atoms with Gasteiger partial charge in [-0.1, -0.05) is 56.3 Å². The van der Waals surface area contributed by atoms with Gasteiger partial charge in [0.2, 0.25) is 0 Å². The number of unbranched alkanes of at least 4 members (excludes halogenated alkanes) is 4. The van der Waals surface area contributed by atoms with Crippen LogP contribution in [0.4, 0.5) is 0 Å². The number of hydrogen-bond donors (Lipinski definition) is 0. The molecule has 0 N–H and O–H groups in total. The molecular formula is C22H21ClN2O3. The number of nitriles is 2. The van der Waals surface area contributed by atoms with E-state index < -0.39 is 5.97 Å². The van der Waals surface area contributed by atoms with Crippen molar-refractivity contribution in [2.45, 2.75) is 39.0 Å². The Balaban J connectivity index is 2.15. The van der Waals surface area contributed by atoms with E-state index in [2.05, 4.69) is 6.92 Å². The van der Waals surface area contributed by atoms with Crippen molar-refractivity contribution >= 4 is 17.6 Å². The fraction of sp³-hybridized carbons (Fsp3) is 0.318. The highest BCUT2D eigenvalue weighted by Gasteiger charge is 2.19. The summed E-state index contributed by atoms with van der Waals surface area (Å²) in [5, 5.41) is 19.2. The van der Waals surface area contributed by atoms with Crippen LogP contribution >= 0.6 is 11.6 Å². The zero-order chi connectivity index (χ0) is 20.4. The van der Waals surface area contributed by atoms with Crippen molar-refractivity contribution in [3.05, 3.63) is 58.1 Å². The van der Waals surface area contributed by atoms with Crippen LogP contribution in [-0.2, 0) is 0 Å². The highest BCUT2D eigenvalue weighted by molar-refractivity contribution is 6.33. The second-order valence-electron chi connectivity index (χ2n) is 6.17. The molecule has 2 aromatic rings. The average molecular weight is 397 g/mol. The van der Waals surface area contributed by atoms with E-state index in [1.807, 2.05) is 12.1 Å². The first-order valence-electron chi connectivity index (χ1n) is 9.19. The summed E-state index contributed by atoms with van der Waals surface area (Å²) in [4.78, 5) is 12.4. The first-order chi connectivity index (χ1) is 13.6. The molecule has 6 heteroatoms. The molecule has 0 aliphatic heterocycles. The van der Waals surface area contributed by atoms with Crippen molar-refractivity contribution < 1.29 is 14.3 Å². The summed E-state index contributed by atoms with van der Waals surface area (Å²) in [5.41, 5.74) is 0.200. The SMILES string of the molecule is CCCCCCCOc1ccc(OC(=O)c2ccccc2Cl)c(C#N)c1C#N. The van der Waals surface area contributed by atoms with E-state index in [9.17, 15) is 15.3 Å². The smallest absolute Gasteiger partial charge is 0.345 e. The Bertz CT molecular complexity index is 913. The molecule has 5 nitrogen and oxygen atoms in total. The first kappa shape index (κ1) is 21.3. The molecule has 0 aliphatic rings. The highest BCUT2D eigenvalue weighted by Crippen LogP contribution is 2.31. The number of halogens is 1. The predicted octanol–water partition coefficient (Wildman–Crippen LogP) is 5.65. The van der Waals surface area contributed by atoms with Crippen molar-refractivity contribution in [2.75, 3.05) is 6.61 Å². The van der Waals surface area contributed by atoms with Crippen molar-refractivity contribution in [2.24, 2.45) is 0 Å². The monoisotopic (exact) mass is 396 g/mol. The lowest BCUT2D eigenvalue weighted by molar-refractivity contribution is 0.0734. The van der Waals surface area contributed by atoms with Crippen molar-refractivity contribution in [1.29, 1.82) is 10.5 Å². The predicted molar refractivity (Wildman–Crippen MR) is 107 cm³/mol. The van der Waals surface area contributed by atoms with Crippen LogP contribution in [0.15, 0.2) is 36.4 Å². The van der Waals surface area contributed by atoms with Gasteiger partial charge in [-0.25, -0.2) is 4.79 Å². The summed E-state index contributed by atoms with van der Waals surface area (Å²) in [6.07, 6.45) is 5.42. The van der Waals surface area contributed by atoms with Crippen LogP contribution in [0.25, 0.3) is 0 Å². The standard InChI is InChI=1S/C22H21ClN2O3/c1-2-3-4-5-8-13-27-20-11-12-21(18(15-25)17(20)14-24)28-22(26)16-9-6-7-10-19(16)23/h6-7,9-12H,2-5,8,13H2,1H3. The number of hydrogen-bond acceptors (Lipinski definition) is 5.